The number of hydrogen-bond acceptors (Lipinski definition) is 4. The van der Waals surface area contributed by atoms with Crippen molar-refractivity contribution in [1.29, 1.82) is 0 Å². The molecule has 5 heteroatoms. The van der Waals surface area contributed by atoms with Crippen LogP contribution in [-0.4, -0.2) is 43.9 Å². The Morgan fingerprint density at radius 3 is 3.00 bits per heavy atom. The predicted octanol–water partition coefficient (Wildman–Crippen LogP) is 1.60. The minimum absolute atomic E-state index is 0.00757. The van der Waals surface area contributed by atoms with Crippen molar-refractivity contribution in [2.24, 2.45) is 11.7 Å². The van der Waals surface area contributed by atoms with E-state index < -0.39 is 5.54 Å². The van der Waals surface area contributed by atoms with Gasteiger partial charge in [0.15, 0.2) is 0 Å². The molecule has 1 aliphatic carbocycles. The first-order valence-corrected chi connectivity index (χ1v) is 8.37. The molecule has 0 aromatic rings. The third kappa shape index (κ3) is 5.24. The molecule has 1 saturated heterocycles. The Labute approximate surface area is 127 Å². The zero-order valence-electron chi connectivity index (χ0n) is 13.2. The number of carbonyl (C=O) groups is 1. The molecule has 3 atom stereocenters. The summed E-state index contributed by atoms with van der Waals surface area (Å²) in [4.78, 5) is 12.2. The second-order valence-electron chi connectivity index (χ2n) is 6.68. The van der Waals surface area contributed by atoms with E-state index in [0.717, 1.165) is 45.1 Å². The van der Waals surface area contributed by atoms with Crippen LogP contribution in [0, 0.1) is 5.92 Å². The highest BCUT2D eigenvalue weighted by Crippen LogP contribution is 2.30. The Morgan fingerprint density at radius 1 is 1.43 bits per heavy atom. The van der Waals surface area contributed by atoms with Crippen molar-refractivity contribution >= 4 is 5.91 Å². The minimum Gasteiger partial charge on any atom is -0.379 e. The summed E-state index contributed by atoms with van der Waals surface area (Å²) < 4.78 is 11.1. The van der Waals surface area contributed by atoms with Gasteiger partial charge in [-0.2, -0.15) is 0 Å². The first-order chi connectivity index (χ1) is 10.1. The Hall–Kier alpha value is -0.650. The molecule has 2 aliphatic rings. The fourth-order valence-corrected chi connectivity index (χ4v) is 3.34. The quantitative estimate of drug-likeness (QED) is 0.700. The average Bonchev–Trinajstić information content (AvgIpc) is 2.95. The molecule has 5 nitrogen and oxygen atoms in total. The molecule has 2 fully saturated rings. The highest BCUT2D eigenvalue weighted by molar-refractivity contribution is 5.86. The van der Waals surface area contributed by atoms with Gasteiger partial charge in [0, 0.05) is 19.8 Å². The normalized spacial score (nSPS) is 33.0. The summed E-state index contributed by atoms with van der Waals surface area (Å²) in [7, 11) is 0. The van der Waals surface area contributed by atoms with Crippen LogP contribution in [0.3, 0.4) is 0 Å². The Bertz CT molecular complexity index is 331. The third-order valence-corrected chi connectivity index (χ3v) is 4.56. The molecule has 3 N–H and O–H groups in total. The molecule has 21 heavy (non-hydrogen) atoms. The Morgan fingerprint density at radius 2 is 2.29 bits per heavy atom. The van der Waals surface area contributed by atoms with Crippen LogP contribution in [0.5, 0.6) is 0 Å². The largest absolute Gasteiger partial charge is 0.379 e. The molecular weight excluding hydrogens is 268 g/mol. The molecule has 0 radical (unpaired) electrons. The molecule has 0 bridgehead atoms. The summed E-state index contributed by atoms with van der Waals surface area (Å²) in [6.07, 6.45) is 7.18. The van der Waals surface area contributed by atoms with E-state index in [9.17, 15) is 4.79 Å². The van der Waals surface area contributed by atoms with Gasteiger partial charge in [-0.1, -0.05) is 19.8 Å². The fourth-order valence-electron chi connectivity index (χ4n) is 3.34. The maximum atomic E-state index is 12.2. The average molecular weight is 298 g/mol. The van der Waals surface area contributed by atoms with Crippen molar-refractivity contribution in [3.63, 3.8) is 0 Å². The molecule has 1 saturated carbocycles. The van der Waals surface area contributed by atoms with E-state index >= 15 is 0 Å². The standard InChI is InChI=1S/C16H30N2O3/c1-13-5-2-7-16(17,11-13)15(19)18-8-4-9-20-12-14-6-3-10-21-14/h13-14H,2-12,17H2,1H3,(H,18,19). The zero-order valence-corrected chi connectivity index (χ0v) is 13.2. The third-order valence-electron chi connectivity index (χ3n) is 4.56. The van der Waals surface area contributed by atoms with Crippen molar-refractivity contribution in [2.75, 3.05) is 26.4 Å². The number of rotatable bonds is 7. The van der Waals surface area contributed by atoms with E-state index in [1.165, 1.54) is 6.42 Å². The van der Waals surface area contributed by atoms with Crippen LogP contribution >= 0.6 is 0 Å². The fraction of sp³-hybridized carbons (Fsp3) is 0.938. The topological polar surface area (TPSA) is 73.6 Å². The molecule has 1 heterocycles. The number of nitrogens with one attached hydrogen (secondary N) is 1. The van der Waals surface area contributed by atoms with Crippen molar-refractivity contribution in [2.45, 2.75) is 63.5 Å². The van der Waals surface area contributed by atoms with Crippen LogP contribution in [0.1, 0.15) is 51.9 Å². The van der Waals surface area contributed by atoms with Crippen molar-refractivity contribution in [1.82, 2.24) is 5.32 Å². The number of hydrogen-bond donors (Lipinski definition) is 2. The maximum Gasteiger partial charge on any atom is 0.240 e. The van der Waals surface area contributed by atoms with Gasteiger partial charge in [0.05, 0.1) is 18.2 Å². The Kier molecular flexibility index (Phi) is 6.45. The smallest absolute Gasteiger partial charge is 0.240 e. The predicted molar refractivity (Wildman–Crippen MR) is 82.0 cm³/mol. The molecule has 0 aromatic heterocycles. The number of carbonyl (C=O) groups excluding carboxylic acids is 1. The lowest BCUT2D eigenvalue weighted by molar-refractivity contribution is -0.128. The summed E-state index contributed by atoms with van der Waals surface area (Å²) in [5.41, 5.74) is 5.60. The highest BCUT2D eigenvalue weighted by Gasteiger charge is 2.37. The van der Waals surface area contributed by atoms with E-state index in [-0.39, 0.29) is 12.0 Å². The highest BCUT2D eigenvalue weighted by atomic mass is 16.5. The van der Waals surface area contributed by atoms with Gasteiger partial charge in [0.25, 0.3) is 0 Å². The van der Waals surface area contributed by atoms with Gasteiger partial charge < -0.3 is 20.5 Å². The van der Waals surface area contributed by atoms with E-state index in [1.54, 1.807) is 0 Å². The summed E-state index contributed by atoms with van der Waals surface area (Å²) in [5, 5.41) is 2.97. The molecule has 2 rings (SSSR count). The lowest BCUT2D eigenvalue weighted by atomic mass is 9.76. The van der Waals surface area contributed by atoms with E-state index in [0.29, 0.717) is 25.7 Å². The van der Waals surface area contributed by atoms with Crippen molar-refractivity contribution in [3.8, 4) is 0 Å². The van der Waals surface area contributed by atoms with Crippen LogP contribution in [0.15, 0.2) is 0 Å². The van der Waals surface area contributed by atoms with Crippen LogP contribution in [0.4, 0.5) is 0 Å². The lowest BCUT2D eigenvalue weighted by Crippen LogP contribution is -2.56. The summed E-state index contributed by atoms with van der Waals surface area (Å²) in [5.74, 6) is 0.553. The molecule has 1 amide bonds. The lowest BCUT2D eigenvalue weighted by Gasteiger charge is -2.35. The number of ether oxygens (including phenoxy) is 2. The molecule has 0 aromatic carbocycles. The van der Waals surface area contributed by atoms with Crippen molar-refractivity contribution in [3.05, 3.63) is 0 Å². The van der Waals surface area contributed by atoms with Gasteiger partial charge in [0.2, 0.25) is 5.91 Å². The second kappa shape index (κ2) is 8.11. The van der Waals surface area contributed by atoms with Gasteiger partial charge >= 0.3 is 0 Å². The SMILES string of the molecule is CC1CCCC(N)(C(=O)NCCCOCC2CCCO2)C1. The van der Waals surface area contributed by atoms with Crippen molar-refractivity contribution < 1.29 is 14.3 Å². The summed E-state index contributed by atoms with van der Waals surface area (Å²) in [6.45, 7) is 5.01. The second-order valence-corrected chi connectivity index (χ2v) is 6.68. The van der Waals surface area contributed by atoms with Gasteiger partial charge in [-0.05, 0) is 38.0 Å². The molecule has 3 unspecified atom stereocenters. The molecule has 0 spiro atoms. The van der Waals surface area contributed by atoms with E-state index in [1.807, 2.05) is 0 Å². The van der Waals surface area contributed by atoms with E-state index in [2.05, 4.69) is 12.2 Å². The summed E-state index contributed by atoms with van der Waals surface area (Å²) in [6, 6.07) is 0. The first-order valence-electron chi connectivity index (χ1n) is 8.37. The summed E-state index contributed by atoms with van der Waals surface area (Å²) >= 11 is 0. The molecule has 122 valence electrons. The number of nitrogens with two attached hydrogens (primary N) is 1. The van der Waals surface area contributed by atoms with Gasteiger partial charge in [-0.25, -0.2) is 0 Å². The van der Waals surface area contributed by atoms with Crippen LogP contribution in [0.25, 0.3) is 0 Å². The van der Waals surface area contributed by atoms with Gasteiger partial charge in [0.1, 0.15) is 0 Å². The van der Waals surface area contributed by atoms with Crippen LogP contribution in [0.2, 0.25) is 0 Å². The monoisotopic (exact) mass is 298 g/mol. The maximum absolute atomic E-state index is 12.2. The first kappa shape index (κ1) is 16.7. The zero-order chi connectivity index (χ0) is 15.1. The van der Waals surface area contributed by atoms with Crippen LogP contribution in [-0.2, 0) is 14.3 Å². The molecular formula is C16H30N2O3. The molecule has 1 aliphatic heterocycles. The van der Waals surface area contributed by atoms with Crippen LogP contribution < -0.4 is 11.1 Å². The van der Waals surface area contributed by atoms with Gasteiger partial charge in [-0.3, -0.25) is 4.79 Å². The minimum atomic E-state index is -0.657. The number of amides is 1. The van der Waals surface area contributed by atoms with E-state index in [4.69, 9.17) is 15.2 Å². The Balaban J connectivity index is 1.54. The van der Waals surface area contributed by atoms with Gasteiger partial charge in [-0.15, -0.1) is 0 Å².